The Morgan fingerprint density at radius 1 is 0.580 bits per heavy atom. The molecular formula is C48H36N2. The first kappa shape index (κ1) is 29.1. The second kappa shape index (κ2) is 11.9. The number of fused-ring (bicyclic) bond motifs is 6. The van der Waals surface area contributed by atoms with Crippen LogP contribution in [0.15, 0.2) is 175 Å². The lowest BCUT2D eigenvalue weighted by Gasteiger charge is -2.35. The first-order chi connectivity index (χ1) is 24.8. The average Bonchev–Trinajstić information content (AvgIpc) is 3.20. The molecule has 3 aliphatic carbocycles. The van der Waals surface area contributed by atoms with Crippen molar-refractivity contribution >= 4 is 38.4 Å². The number of pyridine rings is 1. The number of aromatic nitrogens is 1. The van der Waals surface area contributed by atoms with Crippen molar-refractivity contribution in [1.82, 2.24) is 4.98 Å². The molecule has 6 aromatic rings. The Hall–Kier alpha value is -5.86. The van der Waals surface area contributed by atoms with Crippen LogP contribution in [0.4, 0.5) is 0 Å². The Balaban J connectivity index is 1.08. The largest absolute Gasteiger partial charge is 0.284 e. The second-order valence-electron chi connectivity index (χ2n) is 13.9. The van der Waals surface area contributed by atoms with E-state index >= 15 is 0 Å². The Bertz CT molecular complexity index is 2620. The van der Waals surface area contributed by atoms with E-state index in [0.29, 0.717) is 11.8 Å². The van der Waals surface area contributed by atoms with Crippen molar-refractivity contribution in [2.75, 3.05) is 6.54 Å². The van der Waals surface area contributed by atoms with Crippen LogP contribution in [0.1, 0.15) is 18.4 Å². The summed E-state index contributed by atoms with van der Waals surface area (Å²) in [4.78, 5) is 10.2. The maximum Gasteiger partial charge on any atom is 0.0714 e. The van der Waals surface area contributed by atoms with Crippen LogP contribution in [0.25, 0.3) is 55.1 Å². The lowest BCUT2D eigenvalue weighted by Crippen LogP contribution is -2.40. The maximum absolute atomic E-state index is 5.38. The van der Waals surface area contributed by atoms with Crippen molar-refractivity contribution in [2.45, 2.75) is 12.8 Å². The minimum Gasteiger partial charge on any atom is -0.284 e. The molecule has 0 radical (unpaired) electrons. The monoisotopic (exact) mass is 640 g/mol. The molecular weight excluding hydrogens is 605 g/mol. The van der Waals surface area contributed by atoms with Gasteiger partial charge in [-0.2, -0.15) is 0 Å². The quantitative estimate of drug-likeness (QED) is 0.176. The highest BCUT2D eigenvalue weighted by atomic mass is 14.8. The van der Waals surface area contributed by atoms with Crippen LogP contribution in [0, 0.1) is 17.8 Å². The number of hydrogen-bond donors (Lipinski definition) is 0. The molecule has 0 fully saturated rings. The molecule has 2 heterocycles. The molecule has 50 heavy (non-hydrogen) atoms. The lowest BCUT2D eigenvalue weighted by atomic mass is 9.69. The van der Waals surface area contributed by atoms with Gasteiger partial charge in [0.05, 0.1) is 11.4 Å². The zero-order chi connectivity index (χ0) is 33.0. The molecule has 4 aliphatic rings. The van der Waals surface area contributed by atoms with Gasteiger partial charge >= 0.3 is 0 Å². The summed E-state index contributed by atoms with van der Waals surface area (Å²) in [6, 6.07) is 41.5. The van der Waals surface area contributed by atoms with Gasteiger partial charge in [0.2, 0.25) is 0 Å². The Morgan fingerprint density at radius 3 is 2.14 bits per heavy atom. The summed E-state index contributed by atoms with van der Waals surface area (Å²) in [7, 11) is 0. The molecule has 238 valence electrons. The molecule has 3 unspecified atom stereocenters. The van der Waals surface area contributed by atoms with Crippen LogP contribution in [-0.2, 0) is 0 Å². The molecule has 2 heteroatoms. The van der Waals surface area contributed by atoms with Crippen molar-refractivity contribution in [3.8, 4) is 22.4 Å². The van der Waals surface area contributed by atoms with E-state index in [4.69, 9.17) is 9.98 Å². The van der Waals surface area contributed by atoms with Gasteiger partial charge in [-0.1, -0.05) is 134 Å². The van der Waals surface area contributed by atoms with Crippen LogP contribution in [0.2, 0.25) is 0 Å². The third-order valence-electron chi connectivity index (χ3n) is 11.2. The van der Waals surface area contributed by atoms with Crippen LogP contribution >= 0.6 is 0 Å². The summed E-state index contributed by atoms with van der Waals surface area (Å²) < 4.78 is 0. The molecule has 1 aromatic heterocycles. The fourth-order valence-corrected chi connectivity index (χ4v) is 8.86. The summed E-state index contributed by atoms with van der Waals surface area (Å²) in [5.74, 6) is 1.20. The van der Waals surface area contributed by atoms with Crippen molar-refractivity contribution < 1.29 is 0 Å². The number of allylic oxidation sites excluding steroid dienone is 6. The first-order valence-corrected chi connectivity index (χ1v) is 17.9. The van der Waals surface area contributed by atoms with Gasteiger partial charge < -0.3 is 0 Å². The van der Waals surface area contributed by atoms with Crippen molar-refractivity contribution in [3.63, 3.8) is 0 Å². The standard InChI is InChI=1S/C48H36N2/c1-2-12-31(13-3-1)32-22-25-42-44(29-32)48(45-20-10-11-27-49-45)41-19-9-8-18-40(41)47(42)46-26-23-34(30-50-46)33-21-24-39-37-16-5-4-14-35(37)36-15-6-7-17-38(36)43(39)28-33/h1-6,8-16,18-29,34,38,43H,7,17,30H2. The molecule has 5 aromatic carbocycles. The van der Waals surface area contributed by atoms with Gasteiger partial charge in [-0.3, -0.25) is 9.98 Å². The number of dihydropyridines is 1. The van der Waals surface area contributed by atoms with E-state index in [9.17, 15) is 0 Å². The molecule has 0 spiro atoms. The van der Waals surface area contributed by atoms with Gasteiger partial charge in [0.1, 0.15) is 0 Å². The number of aliphatic imine (C=N–C) groups is 1. The van der Waals surface area contributed by atoms with Crippen LogP contribution in [0.3, 0.4) is 0 Å². The Kier molecular flexibility index (Phi) is 6.94. The van der Waals surface area contributed by atoms with Crippen LogP contribution in [0.5, 0.6) is 0 Å². The highest BCUT2D eigenvalue weighted by molar-refractivity contribution is 6.28. The lowest BCUT2D eigenvalue weighted by molar-refractivity contribution is 0.524. The third kappa shape index (κ3) is 4.70. The predicted molar refractivity (Wildman–Crippen MR) is 209 cm³/mol. The molecule has 0 bridgehead atoms. The summed E-state index contributed by atoms with van der Waals surface area (Å²) in [5.41, 5.74) is 11.2. The topological polar surface area (TPSA) is 25.2 Å². The van der Waals surface area contributed by atoms with E-state index in [1.807, 2.05) is 12.3 Å². The zero-order valence-electron chi connectivity index (χ0n) is 27.8. The van der Waals surface area contributed by atoms with Gasteiger partial charge in [0.25, 0.3) is 0 Å². The van der Waals surface area contributed by atoms with Gasteiger partial charge in [-0.25, -0.2) is 0 Å². The maximum atomic E-state index is 5.38. The molecule has 1 aliphatic heterocycles. The fraction of sp³-hybridized carbons (Fsp3) is 0.125. The molecule has 10 rings (SSSR count). The van der Waals surface area contributed by atoms with Crippen LogP contribution in [-0.4, -0.2) is 17.2 Å². The minimum atomic E-state index is 0.256. The minimum absolute atomic E-state index is 0.256. The highest BCUT2D eigenvalue weighted by Gasteiger charge is 2.32. The van der Waals surface area contributed by atoms with Crippen molar-refractivity contribution in [3.05, 3.63) is 186 Å². The van der Waals surface area contributed by atoms with Crippen molar-refractivity contribution in [1.29, 1.82) is 0 Å². The normalized spacial score (nSPS) is 20.7. The van der Waals surface area contributed by atoms with Gasteiger partial charge in [0.15, 0.2) is 0 Å². The molecule has 3 atom stereocenters. The summed E-state index contributed by atoms with van der Waals surface area (Å²) in [6.07, 6.45) is 21.0. The Morgan fingerprint density at radius 2 is 1.34 bits per heavy atom. The van der Waals surface area contributed by atoms with E-state index in [1.54, 1.807) is 0 Å². The zero-order valence-corrected chi connectivity index (χ0v) is 27.8. The highest BCUT2D eigenvalue weighted by Crippen LogP contribution is 2.43. The summed E-state index contributed by atoms with van der Waals surface area (Å²) in [6.45, 7) is 0.738. The average molecular weight is 641 g/mol. The number of rotatable bonds is 4. The summed E-state index contributed by atoms with van der Waals surface area (Å²) in [5, 5.41) is 7.62. The van der Waals surface area contributed by atoms with E-state index in [1.165, 1.54) is 77.4 Å². The van der Waals surface area contributed by atoms with Gasteiger partial charge in [0, 0.05) is 35.7 Å². The van der Waals surface area contributed by atoms with Crippen molar-refractivity contribution in [2.24, 2.45) is 22.7 Å². The van der Waals surface area contributed by atoms with Gasteiger partial charge in [-0.05, 0) is 103 Å². The van der Waals surface area contributed by atoms with Crippen LogP contribution < -0.4 is 10.4 Å². The predicted octanol–water partition coefficient (Wildman–Crippen LogP) is 9.79. The second-order valence-corrected chi connectivity index (χ2v) is 13.9. The SMILES string of the molecule is C1=CC2=c3ccccc3=C3C=CC(C4C=CC(c5c6ccccc6c(-c6ccccn6)c6cc(-c7ccccc7)ccc56)=NC4)=CC3C2CC1. The van der Waals surface area contributed by atoms with E-state index in [2.05, 4.69) is 152 Å². The Labute approximate surface area is 292 Å². The van der Waals surface area contributed by atoms with E-state index < -0.39 is 0 Å². The fourth-order valence-electron chi connectivity index (χ4n) is 8.86. The van der Waals surface area contributed by atoms with Gasteiger partial charge in [-0.15, -0.1) is 0 Å². The number of nitrogens with zero attached hydrogens (tertiary/aromatic N) is 2. The number of benzene rings is 5. The smallest absolute Gasteiger partial charge is 0.0714 e. The molecule has 0 saturated carbocycles. The summed E-state index contributed by atoms with van der Waals surface area (Å²) >= 11 is 0. The third-order valence-corrected chi connectivity index (χ3v) is 11.2. The number of hydrogen-bond acceptors (Lipinski definition) is 2. The molecule has 0 saturated heterocycles. The van der Waals surface area contributed by atoms with E-state index in [0.717, 1.165) is 24.4 Å². The first-order valence-electron chi connectivity index (χ1n) is 17.9. The molecule has 0 N–H and O–H groups in total. The molecule has 2 nitrogen and oxygen atoms in total. The van der Waals surface area contributed by atoms with E-state index in [-0.39, 0.29) is 5.92 Å². The molecule has 0 amide bonds.